The van der Waals surface area contributed by atoms with Crippen LogP contribution in [0.25, 0.3) is 10.9 Å². The maximum Gasteiger partial charge on any atom is 0.329 e. The van der Waals surface area contributed by atoms with Crippen LogP contribution in [0, 0.1) is 10.1 Å². The summed E-state index contributed by atoms with van der Waals surface area (Å²) in [5.41, 5.74) is 3.09. The number of benzene rings is 2. The van der Waals surface area contributed by atoms with E-state index >= 15 is 0 Å². The van der Waals surface area contributed by atoms with Gasteiger partial charge >= 0.3 is 5.69 Å². The van der Waals surface area contributed by atoms with E-state index in [1.165, 1.54) is 5.56 Å². The van der Waals surface area contributed by atoms with Gasteiger partial charge in [0, 0.05) is 18.5 Å². The van der Waals surface area contributed by atoms with Crippen molar-refractivity contribution in [2.24, 2.45) is 0 Å². The standard InChI is InChI=1S/C21H23ClN4O2/c1-3-25(4-2)14-16-9-7-8-15(12-16)13-23-19-17-10-5-6-11-18(17)24-21(22)20(19)26(27)28/h5-12H,3-4,13-14H2,1-2H3,(H,23,24). The highest BCUT2D eigenvalue weighted by atomic mass is 35.5. The van der Waals surface area contributed by atoms with Gasteiger partial charge in [-0.2, -0.15) is 0 Å². The summed E-state index contributed by atoms with van der Waals surface area (Å²) in [6.45, 7) is 7.61. The molecule has 0 spiro atoms. The number of hydrogen-bond acceptors (Lipinski definition) is 5. The maximum atomic E-state index is 11.6. The first-order valence-electron chi connectivity index (χ1n) is 9.30. The van der Waals surface area contributed by atoms with E-state index < -0.39 is 4.92 Å². The first kappa shape index (κ1) is 20.0. The molecule has 0 saturated heterocycles. The minimum atomic E-state index is -0.485. The minimum Gasteiger partial charge on any atom is -0.375 e. The van der Waals surface area contributed by atoms with E-state index in [-0.39, 0.29) is 10.8 Å². The van der Waals surface area contributed by atoms with Crippen molar-refractivity contribution >= 4 is 33.9 Å². The average molecular weight is 399 g/mol. The Hall–Kier alpha value is -2.70. The fraction of sp³-hybridized carbons (Fsp3) is 0.286. The third-order valence-electron chi connectivity index (χ3n) is 4.77. The fourth-order valence-corrected chi connectivity index (χ4v) is 3.51. The number of fused-ring (bicyclic) bond motifs is 1. The maximum absolute atomic E-state index is 11.6. The van der Waals surface area contributed by atoms with Gasteiger partial charge in [0.15, 0.2) is 0 Å². The molecule has 1 heterocycles. The first-order valence-corrected chi connectivity index (χ1v) is 9.68. The van der Waals surface area contributed by atoms with Gasteiger partial charge in [-0.05, 0) is 30.3 Å². The Bertz CT molecular complexity index is 989. The number of nitrogens with one attached hydrogen (secondary N) is 1. The van der Waals surface area contributed by atoms with Crippen LogP contribution in [0.2, 0.25) is 5.15 Å². The van der Waals surface area contributed by atoms with Gasteiger partial charge in [0.1, 0.15) is 5.69 Å². The summed E-state index contributed by atoms with van der Waals surface area (Å²) in [5, 5.41) is 15.4. The smallest absolute Gasteiger partial charge is 0.329 e. The van der Waals surface area contributed by atoms with E-state index in [4.69, 9.17) is 11.6 Å². The highest BCUT2D eigenvalue weighted by Gasteiger charge is 2.23. The molecule has 0 saturated carbocycles. The fourth-order valence-electron chi connectivity index (χ4n) is 3.25. The lowest BCUT2D eigenvalue weighted by molar-refractivity contribution is -0.384. The molecule has 3 rings (SSSR count). The number of anilines is 1. The molecule has 1 aromatic heterocycles. The molecule has 0 aliphatic heterocycles. The summed E-state index contributed by atoms with van der Waals surface area (Å²) in [6.07, 6.45) is 0. The molecule has 0 aliphatic carbocycles. The quantitative estimate of drug-likeness (QED) is 0.318. The van der Waals surface area contributed by atoms with Gasteiger partial charge in [-0.15, -0.1) is 0 Å². The van der Waals surface area contributed by atoms with Crippen molar-refractivity contribution in [1.29, 1.82) is 0 Å². The lowest BCUT2D eigenvalue weighted by atomic mass is 10.1. The SMILES string of the molecule is CCN(CC)Cc1cccc(CNc2c([N+](=O)[O-])c(Cl)nc3ccccc23)c1. The molecule has 0 radical (unpaired) electrons. The number of rotatable bonds is 8. The van der Waals surface area contributed by atoms with Crippen molar-refractivity contribution in [3.8, 4) is 0 Å². The van der Waals surface area contributed by atoms with Crippen LogP contribution in [-0.2, 0) is 13.1 Å². The summed E-state index contributed by atoms with van der Waals surface area (Å²) in [7, 11) is 0. The van der Waals surface area contributed by atoms with Crippen LogP contribution in [0.3, 0.4) is 0 Å². The van der Waals surface area contributed by atoms with Crippen molar-refractivity contribution in [3.63, 3.8) is 0 Å². The van der Waals surface area contributed by atoms with Crippen LogP contribution in [-0.4, -0.2) is 27.9 Å². The first-order chi connectivity index (χ1) is 13.5. The Balaban J connectivity index is 1.90. The molecule has 2 aromatic carbocycles. The third-order valence-corrected chi connectivity index (χ3v) is 5.03. The Morgan fingerprint density at radius 3 is 2.54 bits per heavy atom. The molecule has 7 heteroatoms. The normalized spacial score (nSPS) is 11.1. The molecule has 1 N–H and O–H groups in total. The summed E-state index contributed by atoms with van der Waals surface area (Å²) in [6, 6.07) is 15.5. The van der Waals surface area contributed by atoms with E-state index in [9.17, 15) is 10.1 Å². The zero-order valence-electron chi connectivity index (χ0n) is 16.0. The zero-order chi connectivity index (χ0) is 20.1. The zero-order valence-corrected chi connectivity index (χ0v) is 16.7. The summed E-state index contributed by atoms with van der Waals surface area (Å²) >= 11 is 6.10. The molecule has 0 unspecified atom stereocenters. The number of hydrogen-bond donors (Lipinski definition) is 1. The van der Waals surface area contributed by atoms with E-state index in [0.717, 1.165) is 25.2 Å². The molecule has 0 atom stereocenters. The number of para-hydroxylation sites is 1. The number of pyridine rings is 1. The minimum absolute atomic E-state index is 0.110. The largest absolute Gasteiger partial charge is 0.375 e. The predicted molar refractivity (Wildman–Crippen MR) is 114 cm³/mol. The second-order valence-corrected chi connectivity index (χ2v) is 6.89. The van der Waals surface area contributed by atoms with Gasteiger partial charge in [0.05, 0.1) is 10.4 Å². The van der Waals surface area contributed by atoms with Gasteiger partial charge in [-0.1, -0.05) is 67.9 Å². The van der Waals surface area contributed by atoms with Crippen molar-refractivity contribution in [1.82, 2.24) is 9.88 Å². The van der Waals surface area contributed by atoms with Crippen LogP contribution < -0.4 is 5.32 Å². The summed E-state index contributed by atoms with van der Waals surface area (Å²) < 4.78 is 0. The molecule has 6 nitrogen and oxygen atoms in total. The van der Waals surface area contributed by atoms with Gasteiger partial charge in [-0.25, -0.2) is 4.98 Å². The van der Waals surface area contributed by atoms with Crippen LogP contribution in [0.15, 0.2) is 48.5 Å². The van der Waals surface area contributed by atoms with Crippen molar-refractivity contribution in [2.75, 3.05) is 18.4 Å². The molecular formula is C21H23ClN4O2. The number of aromatic nitrogens is 1. The molecule has 0 fully saturated rings. The van der Waals surface area contributed by atoms with Crippen molar-refractivity contribution < 1.29 is 4.92 Å². The van der Waals surface area contributed by atoms with Gasteiger partial charge < -0.3 is 5.32 Å². The van der Waals surface area contributed by atoms with Crippen LogP contribution >= 0.6 is 11.6 Å². The van der Waals surface area contributed by atoms with Crippen LogP contribution in [0.1, 0.15) is 25.0 Å². The van der Waals surface area contributed by atoms with Crippen LogP contribution in [0.4, 0.5) is 11.4 Å². The van der Waals surface area contributed by atoms with Crippen molar-refractivity contribution in [2.45, 2.75) is 26.9 Å². The molecule has 0 bridgehead atoms. The highest BCUT2D eigenvalue weighted by Crippen LogP contribution is 2.37. The Labute approximate surface area is 169 Å². The number of nitro groups is 1. The van der Waals surface area contributed by atoms with Gasteiger partial charge in [0.25, 0.3) is 0 Å². The second-order valence-electron chi connectivity index (χ2n) is 6.54. The second kappa shape index (κ2) is 8.99. The molecule has 146 valence electrons. The van der Waals surface area contributed by atoms with Crippen LogP contribution in [0.5, 0.6) is 0 Å². The van der Waals surface area contributed by atoms with E-state index in [1.807, 2.05) is 30.3 Å². The predicted octanol–water partition coefficient (Wildman–Crippen LogP) is 5.25. The van der Waals surface area contributed by atoms with Gasteiger partial charge in [-0.3, -0.25) is 15.0 Å². The van der Waals surface area contributed by atoms with Gasteiger partial charge in [0.2, 0.25) is 5.15 Å². The Morgan fingerprint density at radius 1 is 1.11 bits per heavy atom. The monoisotopic (exact) mass is 398 g/mol. The number of nitrogens with zero attached hydrogens (tertiary/aromatic N) is 3. The highest BCUT2D eigenvalue weighted by molar-refractivity contribution is 6.33. The topological polar surface area (TPSA) is 71.3 Å². The Kier molecular flexibility index (Phi) is 6.44. The molecule has 0 amide bonds. The number of halogens is 1. The molecule has 3 aromatic rings. The van der Waals surface area contributed by atoms with E-state index in [0.29, 0.717) is 23.1 Å². The summed E-state index contributed by atoms with van der Waals surface area (Å²) in [4.78, 5) is 17.6. The van der Waals surface area contributed by atoms with Crippen molar-refractivity contribution in [3.05, 3.63) is 74.9 Å². The van der Waals surface area contributed by atoms with E-state index in [1.54, 1.807) is 6.07 Å². The molecular weight excluding hydrogens is 376 g/mol. The molecule has 28 heavy (non-hydrogen) atoms. The average Bonchev–Trinajstić information content (AvgIpc) is 2.69. The molecule has 0 aliphatic rings. The lowest BCUT2D eigenvalue weighted by Crippen LogP contribution is -2.22. The Morgan fingerprint density at radius 2 is 1.82 bits per heavy atom. The summed E-state index contributed by atoms with van der Waals surface area (Å²) in [5.74, 6) is 0. The third kappa shape index (κ3) is 4.40. The van der Waals surface area contributed by atoms with E-state index in [2.05, 4.69) is 41.2 Å². The lowest BCUT2D eigenvalue weighted by Gasteiger charge is -2.18.